The highest BCUT2D eigenvalue weighted by Crippen LogP contribution is 2.27. The lowest BCUT2D eigenvalue weighted by Gasteiger charge is -2.22. The molecule has 0 fully saturated rings. The van der Waals surface area contributed by atoms with E-state index in [4.69, 9.17) is 0 Å². The number of rotatable bonds is 8. The van der Waals surface area contributed by atoms with Gasteiger partial charge in [-0.15, -0.1) is 0 Å². The molecule has 166 valence electrons. The van der Waals surface area contributed by atoms with Crippen molar-refractivity contribution in [2.24, 2.45) is 0 Å². The highest BCUT2D eigenvalue weighted by Gasteiger charge is 2.20. The van der Waals surface area contributed by atoms with Crippen LogP contribution in [-0.2, 0) is 6.42 Å². The Hall–Kier alpha value is -3.56. The number of aryl methyl sites for hydroxylation is 1. The van der Waals surface area contributed by atoms with Crippen LogP contribution < -0.4 is 10.2 Å². The Morgan fingerprint density at radius 3 is 2.53 bits per heavy atom. The molecule has 0 saturated carbocycles. The Bertz CT molecular complexity index is 1180. The summed E-state index contributed by atoms with van der Waals surface area (Å²) in [6.07, 6.45) is 3.56. The Morgan fingerprint density at radius 2 is 1.91 bits per heavy atom. The molecule has 32 heavy (non-hydrogen) atoms. The molecule has 0 spiro atoms. The van der Waals surface area contributed by atoms with Crippen molar-refractivity contribution in [3.05, 3.63) is 60.4 Å². The van der Waals surface area contributed by atoms with E-state index in [2.05, 4.69) is 25.4 Å². The first kappa shape index (κ1) is 21.7. The molecule has 3 N–H and O–H groups in total. The molecule has 9 heteroatoms. The van der Waals surface area contributed by atoms with Gasteiger partial charge in [0.25, 0.3) is 0 Å². The van der Waals surface area contributed by atoms with Gasteiger partial charge in [-0.05, 0) is 37.6 Å². The predicted molar refractivity (Wildman–Crippen MR) is 124 cm³/mol. The zero-order valence-corrected chi connectivity index (χ0v) is 18.3. The van der Waals surface area contributed by atoms with Crippen molar-refractivity contribution in [2.75, 3.05) is 23.9 Å². The molecular formula is C23H27N7O2. The van der Waals surface area contributed by atoms with Crippen molar-refractivity contribution < 1.29 is 10.2 Å². The second-order valence-electron chi connectivity index (χ2n) is 7.60. The maximum atomic E-state index is 9.91. The van der Waals surface area contributed by atoms with Gasteiger partial charge >= 0.3 is 0 Å². The molecule has 0 aliphatic heterocycles. The van der Waals surface area contributed by atoms with Gasteiger partial charge in [-0.25, -0.2) is 0 Å². The van der Waals surface area contributed by atoms with Gasteiger partial charge in [0, 0.05) is 30.1 Å². The molecular weight excluding hydrogens is 406 g/mol. The number of hydrogen-bond donors (Lipinski definition) is 3. The highest BCUT2D eigenvalue weighted by molar-refractivity contribution is 5.67. The number of pyridine rings is 1. The first-order chi connectivity index (χ1) is 15.5. The third-order valence-corrected chi connectivity index (χ3v) is 5.41. The molecule has 0 bridgehead atoms. The smallest absolute Gasteiger partial charge is 0.236 e. The van der Waals surface area contributed by atoms with Gasteiger partial charge in [0.2, 0.25) is 11.9 Å². The Morgan fingerprint density at radius 1 is 1.12 bits per heavy atom. The molecule has 2 atom stereocenters. The molecule has 0 aliphatic carbocycles. The zero-order valence-electron chi connectivity index (χ0n) is 18.3. The number of benzene rings is 1. The molecule has 9 nitrogen and oxygen atoms in total. The Balaban J connectivity index is 1.72. The topological polar surface area (TPSA) is 112 Å². The summed E-state index contributed by atoms with van der Waals surface area (Å²) in [4.78, 5) is 15.6. The number of nitrogens with one attached hydrogen (secondary N) is 1. The lowest BCUT2D eigenvalue weighted by atomic mass is 10.1. The van der Waals surface area contributed by atoms with Gasteiger partial charge in [-0.3, -0.25) is 4.98 Å². The van der Waals surface area contributed by atoms with Gasteiger partial charge in [0.1, 0.15) is 0 Å². The quantitative estimate of drug-likeness (QED) is 0.389. The Labute approximate surface area is 186 Å². The van der Waals surface area contributed by atoms with Crippen molar-refractivity contribution in [1.29, 1.82) is 0 Å². The van der Waals surface area contributed by atoms with Crippen LogP contribution in [0.3, 0.4) is 0 Å². The SMILES string of the molecule is CCc1cnn2c(N(C)c3ccc(-c4ccccn4)cc3)nc(N[C@@H](CO)[C@H](C)O)nc12. The third-order valence-electron chi connectivity index (χ3n) is 5.41. The first-order valence-corrected chi connectivity index (χ1v) is 10.6. The predicted octanol–water partition coefficient (Wildman–Crippen LogP) is 2.67. The number of fused-ring (bicyclic) bond motifs is 1. The monoisotopic (exact) mass is 433 g/mol. The van der Waals surface area contributed by atoms with Gasteiger partial charge in [-0.2, -0.15) is 19.6 Å². The number of anilines is 3. The van der Waals surface area contributed by atoms with E-state index in [0.717, 1.165) is 28.9 Å². The average Bonchev–Trinajstić information content (AvgIpc) is 3.25. The van der Waals surface area contributed by atoms with Crippen LogP contribution in [0, 0.1) is 0 Å². The van der Waals surface area contributed by atoms with Gasteiger partial charge < -0.3 is 20.4 Å². The van der Waals surface area contributed by atoms with E-state index < -0.39 is 12.1 Å². The summed E-state index contributed by atoms with van der Waals surface area (Å²) in [5.74, 6) is 0.879. The molecule has 0 unspecified atom stereocenters. The molecule has 3 heterocycles. The number of aromatic nitrogens is 5. The molecule has 4 aromatic rings. The van der Waals surface area contributed by atoms with Crippen LogP contribution in [0.2, 0.25) is 0 Å². The lowest BCUT2D eigenvalue weighted by molar-refractivity contribution is 0.132. The van der Waals surface area contributed by atoms with E-state index in [-0.39, 0.29) is 6.61 Å². The van der Waals surface area contributed by atoms with Crippen molar-refractivity contribution >= 4 is 23.2 Å². The van der Waals surface area contributed by atoms with Crippen LogP contribution in [0.4, 0.5) is 17.6 Å². The minimum Gasteiger partial charge on any atom is -0.394 e. The molecule has 0 aliphatic rings. The summed E-state index contributed by atoms with van der Waals surface area (Å²) >= 11 is 0. The van der Waals surface area contributed by atoms with Crippen LogP contribution in [0.5, 0.6) is 0 Å². The van der Waals surface area contributed by atoms with Gasteiger partial charge in [0.15, 0.2) is 5.65 Å². The van der Waals surface area contributed by atoms with Crippen LogP contribution >= 0.6 is 0 Å². The van der Waals surface area contributed by atoms with E-state index in [9.17, 15) is 10.2 Å². The molecule has 3 aromatic heterocycles. The minimum absolute atomic E-state index is 0.244. The minimum atomic E-state index is -0.768. The number of aliphatic hydroxyl groups excluding tert-OH is 2. The van der Waals surface area contributed by atoms with Crippen LogP contribution in [0.25, 0.3) is 16.9 Å². The fourth-order valence-corrected chi connectivity index (χ4v) is 3.43. The fourth-order valence-electron chi connectivity index (χ4n) is 3.43. The van der Waals surface area contributed by atoms with Gasteiger partial charge in [-0.1, -0.05) is 25.1 Å². The van der Waals surface area contributed by atoms with E-state index in [1.54, 1.807) is 23.8 Å². The molecule has 1 aromatic carbocycles. The van der Waals surface area contributed by atoms with Crippen molar-refractivity contribution in [1.82, 2.24) is 24.6 Å². The standard InChI is InChI=1S/C23H27N7O2/c1-4-16-13-25-30-21(16)27-22(26-20(14-31)15(2)32)28-23(30)29(3)18-10-8-17(9-11-18)19-7-5-6-12-24-19/h5-13,15,20,31-32H,4,14H2,1-3H3,(H,26,27)/t15-,20-/m0/s1. The maximum Gasteiger partial charge on any atom is 0.236 e. The van der Waals surface area contributed by atoms with E-state index >= 15 is 0 Å². The fraction of sp³-hybridized carbons (Fsp3) is 0.304. The second-order valence-corrected chi connectivity index (χ2v) is 7.60. The molecule has 0 saturated heterocycles. The third kappa shape index (κ3) is 4.25. The maximum absolute atomic E-state index is 9.91. The summed E-state index contributed by atoms with van der Waals surface area (Å²) in [7, 11) is 1.91. The van der Waals surface area contributed by atoms with Crippen LogP contribution in [0.15, 0.2) is 54.9 Å². The summed E-state index contributed by atoms with van der Waals surface area (Å²) < 4.78 is 1.70. The molecule has 4 rings (SSSR count). The zero-order chi connectivity index (χ0) is 22.7. The van der Waals surface area contributed by atoms with Crippen molar-refractivity contribution in [3.8, 4) is 11.3 Å². The summed E-state index contributed by atoms with van der Waals surface area (Å²) in [5, 5.41) is 27.0. The average molecular weight is 434 g/mol. The second kappa shape index (κ2) is 9.29. The van der Waals surface area contributed by atoms with Crippen LogP contribution in [-0.4, -0.2) is 60.6 Å². The first-order valence-electron chi connectivity index (χ1n) is 10.6. The van der Waals surface area contributed by atoms with Crippen molar-refractivity contribution in [2.45, 2.75) is 32.4 Å². The number of aliphatic hydroxyl groups is 2. The van der Waals surface area contributed by atoms with E-state index in [1.807, 2.05) is 61.3 Å². The molecule has 0 radical (unpaired) electrons. The van der Waals surface area contributed by atoms with Gasteiger partial charge in [0.05, 0.1) is 30.6 Å². The summed E-state index contributed by atoms with van der Waals surface area (Å²) in [6.45, 7) is 3.41. The Kier molecular flexibility index (Phi) is 6.29. The van der Waals surface area contributed by atoms with Crippen molar-refractivity contribution in [3.63, 3.8) is 0 Å². The molecule has 0 amide bonds. The van der Waals surface area contributed by atoms with E-state index in [0.29, 0.717) is 17.5 Å². The number of nitrogens with zero attached hydrogens (tertiary/aromatic N) is 6. The number of hydrogen-bond acceptors (Lipinski definition) is 8. The van der Waals surface area contributed by atoms with E-state index in [1.165, 1.54) is 0 Å². The van der Waals surface area contributed by atoms with Crippen LogP contribution in [0.1, 0.15) is 19.4 Å². The highest BCUT2D eigenvalue weighted by atomic mass is 16.3. The lowest BCUT2D eigenvalue weighted by Crippen LogP contribution is -2.35. The summed E-state index contributed by atoms with van der Waals surface area (Å²) in [6, 6.07) is 13.3. The normalized spacial score (nSPS) is 13.2. The largest absolute Gasteiger partial charge is 0.394 e. The summed E-state index contributed by atoms with van der Waals surface area (Å²) in [5.41, 5.74) is 4.50.